The number of nitrogens with zero attached hydrogens (tertiary/aromatic N) is 1. The minimum Gasteiger partial charge on any atom is -0.315 e. The van der Waals surface area contributed by atoms with Gasteiger partial charge in [-0.2, -0.15) is 0 Å². The highest BCUT2D eigenvalue weighted by Crippen LogP contribution is 2.19. The molecule has 1 saturated heterocycles. The van der Waals surface area contributed by atoms with Crippen molar-refractivity contribution in [2.75, 3.05) is 11.9 Å². The van der Waals surface area contributed by atoms with Crippen LogP contribution >= 0.6 is 0 Å². The lowest BCUT2D eigenvalue weighted by atomic mass is 10.1. The molecule has 1 aliphatic heterocycles. The van der Waals surface area contributed by atoms with Crippen LogP contribution in [0.25, 0.3) is 0 Å². The highest BCUT2D eigenvalue weighted by atomic mass is 16.2. The number of amides is 2. The van der Waals surface area contributed by atoms with Gasteiger partial charge in [-0.3, -0.25) is 4.79 Å². The van der Waals surface area contributed by atoms with E-state index >= 15 is 0 Å². The van der Waals surface area contributed by atoms with E-state index in [4.69, 9.17) is 0 Å². The maximum absolute atomic E-state index is 12.1. The van der Waals surface area contributed by atoms with Gasteiger partial charge in [-0.15, -0.1) is 0 Å². The highest BCUT2D eigenvalue weighted by Gasteiger charge is 2.31. The first-order chi connectivity index (χ1) is 8.58. The van der Waals surface area contributed by atoms with Crippen molar-refractivity contribution in [1.29, 1.82) is 0 Å². The number of hydrogen-bond donors (Lipinski definition) is 1. The lowest BCUT2D eigenvalue weighted by Crippen LogP contribution is -2.42. The van der Waals surface area contributed by atoms with Crippen LogP contribution < -0.4 is 5.32 Å². The molecule has 0 spiro atoms. The molecule has 96 valence electrons. The van der Waals surface area contributed by atoms with Gasteiger partial charge in [0.1, 0.15) is 0 Å². The zero-order valence-corrected chi connectivity index (χ0v) is 10.8. The molecule has 0 aromatic heterocycles. The van der Waals surface area contributed by atoms with Gasteiger partial charge in [0.25, 0.3) is 0 Å². The van der Waals surface area contributed by atoms with Crippen molar-refractivity contribution in [3.05, 3.63) is 29.8 Å². The van der Waals surface area contributed by atoms with Gasteiger partial charge in [0, 0.05) is 12.2 Å². The lowest BCUT2D eigenvalue weighted by Gasteiger charge is -2.22. The summed E-state index contributed by atoms with van der Waals surface area (Å²) in [5.74, 6) is 0.0616. The van der Waals surface area contributed by atoms with E-state index in [1.54, 1.807) is 11.8 Å². The van der Waals surface area contributed by atoms with E-state index in [0.29, 0.717) is 6.54 Å². The number of carbonyl (C=O) groups is 2. The summed E-state index contributed by atoms with van der Waals surface area (Å²) < 4.78 is 0. The third-order valence-corrected chi connectivity index (χ3v) is 3.29. The van der Waals surface area contributed by atoms with Crippen LogP contribution in [0.4, 0.5) is 10.5 Å². The standard InChI is InChI=1S/C14H18N2O2/c1-10-5-7-12(8-6-10)15-14(18)16-9-3-4-13(16)11(2)17/h5-8,13H,3-4,9H2,1-2H3,(H,15,18)/t13-/m0/s1. The molecule has 1 atom stereocenters. The first-order valence-electron chi connectivity index (χ1n) is 6.22. The Morgan fingerprint density at radius 3 is 2.56 bits per heavy atom. The normalized spacial score (nSPS) is 18.8. The SMILES string of the molecule is CC(=O)[C@@H]1CCCN1C(=O)Nc1ccc(C)cc1. The second-order valence-electron chi connectivity index (χ2n) is 4.76. The Morgan fingerprint density at radius 2 is 1.94 bits per heavy atom. The van der Waals surface area contributed by atoms with Crippen molar-refractivity contribution in [2.45, 2.75) is 32.7 Å². The smallest absolute Gasteiger partial charge is 0.315 e. The Labute approximate surface area is 107 Å². The third-order valence-electron chi connectivity index (χ3n) is 3.29. The number of likely N-dealkylation sites (tertiary alicyclic amines) is 1. The number of Topliss-reactive ketones (excluding diaryl/α,β-unsaturated/α-hetero) is 1. The highest BCUT2D eigenvalue weighted by molar-refractivity contribution is 5.94. The molecule has 1 aromatic rings. The monoisotopic (exact) mass is 246 g/mol. The summed E-state index contributed by atoms with van der Waals surface area (Å²) in [6.07, 6.45) is 1.67. The fourth-order valence-corrected chi connectivity index (χ4v) is 2.26. The molecule has 4 heteroatoms. The number of hydrogen-bond acceptors (Lipinski definition) is 2. The molecule has 1 aliphatic rings. The van der Waals surface area contributed by atoms with Crippen molar-refractivity contribution in [3.8, 4) is 0 Å². The average Bonchev–Trinajstić information content (AvgIpc) is 2.81. The second kappa shape index (κ2) is 5.21. The number of benzene rings is 1. The van der Waals surface area contributed by atoms with Crippen molar-refractivity contribution < 1.29 is 9.59 Å². The number of anilines is 1. The Bertz CT molecular complexity index is 453. The van der Waals surface area contributed by atoms with Crippen molar-refractivity contribution in [1.82, 2.24) is 4.90 Å². The van der Waals surface area contributed by atoms with E-state index in [1.807, 2.05) is 31.2 Å². The number of ketones is 1. The molecule has 1 aromatic carbocycles. The van der Waals surface area contributed by atoms with Gasteiger partial charge in [-0.1, -0.05) is 17.7 Å². The van der Waals surface area contributed by atoms with Crippen LogP contribution in [0.3, 0.4) is 0 Å². The average molecular weight is 246 g/mol. The molecule has 0 radical (unpaired) electrons. The lowest BCUT2D eigenvalue weighted by molar-refractivity contribution is -0.120. The van der Waals surface area contributed by atoms with Gasteiger partial charge < -0.3 is 10.2 Å². The summed E-state index contributed by atoms with van der Waals surface area (Å²) in [7, 11) is 0. The third kappa shape index (κ3) is 2.70. The summed E-state index contributed by atoms with van der Waals surface area (Å²) in [5, 5.41) is 2.83. The number of carbonyl (C=O) groups excluding carboxylic acids is 2. The predicted molar refractivity (Wildman–Crippen MR) is 70.6 cm³/mol. The molecule has 18 heavy (non-hydrogen) atoms. The summed E-state index contributed by atoms with van der Waals surface area (Å²) in [6, 6.07) is 7.19. The zero-order valence-electron chi connectivity index (χ0n) is 10.8. The Hall–Kier alpha value is -1.84. The van der Waals surface area contributed by atoms with Crippen molar-refractivity contribution in [3.63, 3.8) is 0 Å². The molecule has 0 unspecified atom stereocenters. The summed E-state index contributed by atoms with van der Waals surface area (Å²) in [4.78, 5) is 25.1. The van der Waals surface area contributed by atoms with E-state index in [-0.39, 0.29) is 17.9 Å². The van der Waals surface area contributed by atoms with E-state index in [0.717, 1.165) is 24.1 Å². The number of nitrogens with one attached hydrogen (secondary N) is 1. The van der Waals surface area contributed by atoms with Gasteiger partial charge in [0.2, 0.25) is 0 Å². The Kier molecular flexibility index (Phi) is 3.65. The van der Waals surface area contributed by atoms with Crippen molar-refractivity contribution in [2.24, 2.45) is 0 Å². The fraction of sp³-hybridized carbons (Fsp3) is 0.429. The summed E-state index contributed by atoms with van der Waals surface area (Å²) in [5.41, 5.74) is 1.91. The maximum atomic E-state index is 12.1. The van der Waals surface area contributed by atoms with Gasteiger partial charge >= 0.3 is 6.03 Å². The first kappa shape index (κ1) is 12.6. The molecule has 2 rings (SSSR count). The molecule has 0 bridgehead atoms. The van der Waals surface area contributed by atoms with E-state index in [9.17, 15) is 9.59 Å². The fourth-order valence-electron chi connectivity index (χ4n) is 2.26. The van der Waals surface area contributed by atoms with Crippen LogP contribution in [0.2, 0.25) is 0 Å². The quantitative estimate of drug-likeness (QED) is 0.872. The second-order valence-corrected chi connectivity index (χ2v) is 4.76. The molecular weight excluding hydrogens is 228 g/mol. The molecule has 2 amide bonds. The van der Waals surface area contributed by atoms with Crippen LogP contribution in [-0.4, -0.2) is 29.3 Å². The molecule has 4 nitrogen and oxygen atoms in total. The molecule has 1 heterocycles. The van der Waals surface area contributed by atoms with Gasteiger partial charge in [0.05, 0.1) is 6.04 Å². The van der Waals surface area contributed by atoms with E-state index in [1.165, 1.54) is 0 Å². The van der Waals surface area contributed by atoms with Crippen LogP contribution in [0.15, 0.2) is 24.3 Å². The van der Waals surface area contributed by atoms with Gasteiger partial charge in [-0.25, -0.2) is 4.79 Å². The number of aryl methyl sites for hydroxylation is 1. The molecule has 1 N–H and O–H groups in total. The molecule has 1 fully saturated rings. The van der Waals surface area contributed by atoms with Crippen LogP contribution in [0.5, 0.6) is 0 Å². The zero-order chi connectivity index (χ0) is 13.1. The molecular formula is C14H18N2O2. The Balaban J connectivity index is 2.03. The topological polar surface area (TPSA) is 49.4 Å². The molecule has 0 aliphatic carbocycles. The maximum Gasteiger partial charge on any atom is 0.322 e. The van der Waals surface area contributed by atoms with E-state index in [2.05, 4.69) is 5.32 Å². The minimum atomic E-state index is -0.254. The largest absolute Gasteiger partial charge is 0.322 e. The van der Waals surface area contributed by atoms with Crippen molar-refractivity contribution >= 4 is 17.5 Å². The van der Waals surface area contributed by atoms with Crippen LogP contribution in [-0.2, 0) is 4.79 Å². The first-order valence-corrected chi connectivity index (χ1v) is 6.22. The predicted octanol–water partition coefficient (Wildman–Crippen LogP) is 2.58. The van der Waals surface area contributed by atoms with Gasteiger partial charge in [-0.05, 0) is 38.8 Å². The molecule has 0 saturated carbocycles. The minimum absolute atomic E-state index is 0.0616. The Morgan fingerprint density at radius 1 is 1.28 bits per heavy atom. The summed E-state index contributed by atoms with van der Waals surface area (Å²) >= 11 is 0. The van der Waals surface area contributed by atoms with E-state index < -0.39 is 0 Å². The van der Waals surface area contributed by atoms with Gasteiger partial charge in [0.15, 0.2) is 5.78 Å². The number of urea groups is 1. The van der Waals surface area contributed by atoms with Crippen LogP contribution in [0, 0.1) is 6.92 Å². The number of rotatable bonds is 2. The van der Waals surface area contributed by atoms with Crippen LogP contribution in [0.1, 0.15) is 25.3 Å². The summed E-state index contributed by atoms with van der Waals surface area (Å²) in [6.45, 7) is 4.20.